The van der Waals surface area contributed by atoms with Crippen LogP contribution in [0.2, 0.25) is 0 Å². The van der Waals surface area contributed by atoms with Crippen molar-refractivity contribution in [1.82, 2.24) is 20.1 Å². The summed E-state index contributed by atoms with van der Waals surface area (Å²) in [5.41, 5.74) is 0. The van der Waals surface area contributed by atoms with Gasteiger partial charge in [0, 0.05) is 18.0 Å². The van der Waals surface area contributed by atoms with E-state index in [1.165, 1.54) is 6.33 Å². The minimum Gasteiger partial charge on any atom is -0.314 e. The van der Waals surface area contributed by atoms with Gasteiger partial charge in [-0.25, -0.2) is 9.67 Å². The second-order valence-electron chi connectivity index (χ2n) is 5.00. The summed E-state index contributed by atoms with van der Waals surface area (Å²) in [5.74, 6) is 1.19. The van der Waals surface area contributed by atoms with E-state index in [1.807, 2.05) is 18.5 Å². The van der Waals surface area contributed by atoms with E-state index in [9.17, 15) is 4.79 Å². The van der Waals surface area contributed by atoms with Crippen molar-refractivity contribution in [1.29, 1.82) is 0 Å². The molecule has 1 fully saturated rings. The molecule has 1 aromatic rings. The number of rotatable bonds is 4. The lowest BCUT2D eigenvalue weighted by atomic mass is 9.94. The first-order valence-electron chi connectivity index (χ1n) is 6.24. The molecular formula is C12H20N4O. The zero-order valence-electron chi connectivity index (χ0n) is 10.7. The molecule has 2 atom stereocenters. The second-order valence-corrected chi connectivity index (χ2v) is 5.00. The van der Waals surface area contributed by atoms with Crippen LogP contribution >= 0.6 is 0 Å². The lowest BCUT2D eigenvalue weighted by Crippen LogP contribution is -2.29. The lowest BCUT2D eigenvalue weighted by molar-refractivity contribution is -0.122. The number of carbonyl (C=O) groups excluding carboxylic acids is 1. The Bertz CT molecular complexity index is 399. The molecule has 2 heterocycles. The number of nitrogens with one attached hydrogen (secondary N) is 1. The molecule has 2 rings (SSSR count). The summed E-state index contributed by atoms with van der Waals surface area (Å²) in [6.45, 7) is 7.10. The number of hydrogen-bond acceptors (Lipinski definition) is 4. The summed E-state index contributed by atoms with van der Waals surface area (Å²) in [6.07, 6.45) is 2.86. The Labute approximate surface area is 102 Å². The summed E-state index contributed by atoms with van der Waals surface area (Å²) in [7, 11) is 0. The highest BCUT2D eigenvalue weighted by Gasteiger charge is 2.30. The van der Waals surface area contributed by atoms with Gasteiger partial charge in [0.25, 0.3) is 0 Å². The first kappa shape index (κ1) is 12.2. The number of nitrogens with zero attached hydrogens (tertiary/aromatic N) is 3. The fraction of sp³-hybridized carbons (Fsp3) is 0.750. The second kappa shape index (κ2) is 4.96. The van der Waals surface area contributed by atoms with Crippen LogP contribution in [-0.4, -0.2) is 33.1 Å². The Kier molecular flexibility index (Phi) is 3.57. The van der Waals surface area contributed by atoms with Gasteiger partial charge in [-0.1, -0.05) is 0 Å². The molecule has 1 saturated heterocycles. The molecule has 94 valence electrons. The molecule has 1 aliphatic heterocycles. The minimum atomic E-state index is 0.132. The van der Waals surface area contributed by atoms with Crippen LogP contribution in [0.4, 0.5) is 0 Å². The normalized spacial score (nSPS) is 24.5. The quantitative estimate of drug-likeness (QED) is 0.846. The van der Waals surface area contributed by atoms with Crippen molar-refractivity contribution < 1.29 is 4.79 Å². The molecular weight excluding hydrogens is 216 g/mol. The molecule has 0 spiro atoms. The van der Waals surface area contributed by atoms with Crippen molar-refractivity contribution >= 4 is 5.78 Å². The maximum atomic E-state index is 12.2. The van der Waals surface area contributed by atoms with Crippen LogP contribution in [0.15, 0.2) is 6.33 Å². The van der Waals surface area contributed by atoms with E-state index in [0.29, 0.717) is 6.42 Å². The predicted octanol–water partition coefficient (Wildman–Crippen LogP) is 0.969. The summed E-state index contributed by atoms with van der Waals surface area (Å²) < 4.78 is 1.82. The Morgan fingerprint density at radius 2 is 2.41 bits per heavy atom. The summed E-state index contributed by atoms with van der Waals surface area (Å²) >= 11 is 0. The highest BCUT2D eigenvalue weighted by atomic mass is 16.1. The van der Waals surface area contributed by atoms with Gasteiger partial charge >= 0.3 is 0 Å². The van der Waals surface area contributed by atoms with Crippen molar-refractivity contribution in [3.8, 4) is 0 Å². The third-order valence-electron chi connectivity index (χ3n) is 3.41. The molecule has 0 aromatic carbocycles. The first-order chi connectivity index (χ1) is 8.09. The molecule has 1 aromatic heterocycles. The summed E-state index contributed by atoms with van der Waals surface area (Å²) in [5, 5.41) is 7.46. The van der Waals surface area contributed by atoms with Gasteiger partial charge in [0.2, 0.25) is 0 Å². The molecule has 0 radical (unpaired) electrons. The van der Waals surface area contributed by atoms with Crippen molar-refractivity contribution in [2.24, 2.45) is 5.92 Å². The maximum absolute atomic E-state index is 12.2. The molecule has 5 nitrogen and oxygen atoms in total. The molecule has 2 unspecified atom stereocenters. The number of hydrogen-bond donors (Lipinski definition) is 1. The van der Waals surface area contributed by atoms with Gasteiger partial charge < -0.3 is 5.32 Å². The van der Waals surface area contributed by atoms with Gasteiger partial charge in [0.15, 0.2) is 0 Å². The van der Waals surface area contributed by atoms with Crippen molar-refractivity contribution in [2.75, 3.05) is 6.54 Å². The van der Waals surface area contributed by atoms with E-state index in [2.05, 4.69) is 22.3 Å². The monoisotopic (exact) mass is 236 g/mol. The molecule has 0 aliphatic carbocycles. The van der Waals surface area contributed by atoms with Gasteiger partial charge in [0.1, 0.15) is 17.9 Å². The van der Waals surface area contributed by atoms with Crippen LogP contribution in [-0.2, 0) is 11.2 Å². The average molecular weight is 236 g/mol. The van der Waals surface area contributed by atoms with Gasteiger partial charge in [-0.15, -0.1) is 0 Å². The Morgan fingerprint density at radius 3 is 3.00 bits per heavy atom. The Balaban J connectivity index is 2.05. The average Bonchev–Trinajstić information content (AvgIpc) is 2.86. The molecule has 0 bridgehead atoms. The van der Waals surface area contributed by atoms with Crippen LogP contribution < -0.4 is 5.32 Å². The third-order valence-corrected chi connectivity index (χ3v) is 3.41. The highest BCUT2D eigenvalue weighted by Crippen LogP contribution is 2.18. The SMILES string of the molecule is CC1NCCC1C(=O)Cc1ncnn1C(C)C. The van der Waals surface area contributed by atoms with Crippen LogP contribution in [0.1, 0.15) is 39.1 Å². The first-order valence-corrected chi connectivity index (χ1v) is 6.24. The van der Waals surface area contributed by atoms with Gasteiger partial charge in [-0.2, -0.15) is 5.10 Å². The number of Topliss-reactive ketones (excluding diaryl/α,β-unsaturated/α-hetero) is 1. The molecule has 1 N–H and O–H groups in total. The van der Waals surface area contributed by atoms with Crippen LogP contribution in [0, 0.1) is 5.92 Å². The van der Waals surface area contributed by atoms with E-state index in [1.54, 1.807) is 0 Å². The standard InChI is InChI=1S/C12H20N4O/c1-8(2)16-12(14-7-15-16)6-11(17)10-4-5-13-9(10)3/h7-10,13H,4-6H2,1-3H3. The Hall–Kier alpha value is -1.23. The van der Waals surface area contributed by atoms with Crippen molar-refractivity contribution in [3.63, 3.8) is 0 Å². The van der Waals surface area contributed by atoms with Crippen LogP contribution in [0.25, 0.3) is 0 Å². The molecule has 17 heavy (non-hydrogen) atoms. The van der Waals surface area contributed by atoms with Gasteiger partial charge in [-0.3, -0.25) is 4.79 Å². The van der Waals surface area contributed by atoms with E-state index >= 15 is 0 Å². The van der Waals surface area contributed by atoms with Crippen LogP contribution in [0.3, 0.4) is 0 Å². The third kappa shape index (κ3) is 2.54. The largest absolute Gasteiger partial charge is 0.314 e. The fourth-order valence-electron chi connectivity index (χ4n) is 2.42. The summed E-state index contributed by atoms with van der Waals surface area (Å²) in [6, 6.07) is 0.539. The number of aromatic nitrogens is 3. The smallest absolute Gasteiger partial charge is 0.145 e. The molecule has 0 amide bonds. The number of ketones is 1. The minimum absolute atomic E-state index is 0.132. The lowest BCUT2D eigenvalue weighted by Gasteiger charge is -2.14. The molecule has 0 saturated carbocycles. The van der Waals surface area contributed by atoms with Gasteiger partial charge in [-0.05, 0) is 33.7 Å². The highest BCUT2D eigenvalue weighted by molar-refractivity contribution is 5.83. The maximum Gasteiger partial charge on any atom is 0.145 e. The van der Waals surface area contributed by atoms with E-state index in [-0.39, 0.29) is 23.8 Å². The Morgan fingerprint density at radius 1 is 1.65 bits per heavy atom. The fourth-order valence-corrected chi connectivity index (χ4v) is 2.42. The van der Waals surface area contributed by atoms with E-state index in [4.69, 9.17) is 0 Å². The number of carbonyl (C=O) groups is 1. The van der Waals surface area contributed by atoms with E-state index in [0.717, 1.165) is 18.8 Å². The van der Waals surface area contributed by atoms with Crippen LogP contribution in [0.5, 0.6) is 0 Å². The van der Waals surface area contributed by atoms with Crippen molar-refractivity contribution in [2.45, 2.75) is 45.7 Å². The topological polar surface area (TPSA) is 59.8 Å². The zero-order valence-corrected chi connectivity index (χ0v) is 10.7. The van der Waals surface area contributed by atoms with E-state index < -0.39 is 0 Å². The summed E-state index contributed by atoms with van der Waals surface area (Å²) in [4.78, 5) is 16.4. The predicted molar refractivity (Wildman–Crippen MR) is 64.7 cm³/mol. The molecule has 5 heteroatoms. The molecule has 1 aliphatic rings. The van der Waals surface area contributed by atoms with Gasteiger partial charge in [0.05, 0.1) is 6.42 Å². The zero-order chi connectivity index (χ0) is 12.4. The van der Waals surface area contributed by atoms with Crippen molar-refractivity contribution in [3.05, 3.63) is 12.2 Å².